The van der Waals surface area contributed by atoms with E-state index < -0.39 is 11.9 Å². The van der Waals surface area contributed by atoms with Crippen molar-refractivity contribution in [2.75, 3.05) is 19.8 Å². The standard InChI is InChI=1S/C13H18FNO3/c1-2-18-8-7-13(17)15-9-12(16)10-5-3-4-6-11(10)14/h3-6,12,16H,2,7-9H2,1H3,(H,15,17). The van der Waals surface area contributed by atoms with E-state index >= 15 is 0 Å². The predicted octanol–water partition coefficient (Wildman–Crippen LogP) is 1.40. The molecule has 1 amide bonds. The van der Waals surface area contributed by atoms with Gasteiger partial charge in [-0.1, -0.05) is 18.2 Å². The average molecular weight is 255 g/mol. The lowest BCUT2D eigenvalue weighted by atomic mass is 10.1. The third-order valence-electron chi connectivity index (χ3n) is 2.43. The molecule has 0 aromatic heterocycles. The number of amides is 1. The monoisotopic (exact) mass is 255 g/mol. The van der Waals surface area contributed by atoms with Crippen LogP contribution in [0, 0.1) is 5.82 Å². The first-order valence-electron chi connectivity index (χ1n) is 5.92. The fourth-order valence-corrected chi connectivity index (χ4v) is 1.46. The summed E-state index contributed by atoms with van der Waals surface area (Å²) < 4.78 is 18.4. The van der Waals surface area contributed by atoms with Gasteiger partial charge in [0.15, 0.2) is 0 Å². The van der Waals surface area contributed by atoms with E-state index in [9.17, 15) is 14.3 Å². The highest BCUT2D eigenvalue weighted by molar-refractivity contribution is 5.75. The molecule has 0 fully saturated rings. The maximum absolute atomic E-state index is 13.3. The quantitative estimate of drug-likeness (QED) is 0.724. The molecule has 0 radical (unpaired) electrons. The summed E-state index contributed by atoms with van der Waals surface area (Å²) in [4.78, 5) is 11.3. The lowest BCUT2D eigenvalue weighted by Gasteiger charge is -2.13. The average Bonchev–Trinajstić information content (AvgIpc) is 2.37. The Morgan fingerprint density at radius 3 is 2.89 bits per heavy atom. The maximum atomic E-state index is 13.3. The van der Waals surface area contributed by atoms with Gasteiger partial charge in [-0.15, -0.1) is 0 Å². The molecule has 0 bridgehead atoms. The Morgan fingerprint density at radius 1 is 1.50 bits per heavy atom. The molecule has 18 heavy (non-hydrogen) atoms. The molecule has 1 aromatic rings. The first-order valence-corrected chi connectivity index (χ1v) is 5.92. The first-order chi connectivity index (χ1) is 8.65. The van der Waals surface area contributed by atoms with Crippen LogP contribution < -0.4 is 5.32 Å². The summed E-state index contributed by atoms with van der Waals surface area (Å²) in [6.45, 7) is 2.75. The summed E-state index contributed by atoms with van der Waals surface area (Å²) in [7, 11) is 0. The summed E-state index contributed by atoms with van der Waals surface area (Å²) in [5.41, 5.74) is 0.183. The number of aliphatic hydroxyl groups is 1. The summed E-state index contributed by atoms with van der Waals surface area (Å²) >= 11 is 0. The Hall–Kier alpha value is -1.46. The van der Waals surface area contributed by atoms with Crippen molar-refractivity contribution in [1.82, 2.24) is 5.32 Å². The SMILES string of the molecule is CCOCCC(=O)NCC(O)c1ccccc1F. The summed E-state index contributed by atoms with van der Waals surface area (Å²) in [6, 6.07) is 5.95. The minimum absolute atomic E-state index is 0.00804. The van der Waals surface area contributed by atoms with Crippen LogP contribution in [-0.4, -0.2) is 30.8 Å². The van der Waals surface area contributed by atoms with E-state index in [1.165, 1.54) is 12.1 Å². The normalized spacial score (nSPS) is 12.2. The second kappa shape index (κ2) is 7.79. The Morgan fingerprint density at radius 2 is 2.22 bits per heavy atom. The van der Waals surface area contributed by atoms with E-state index in [0.29, 0.717) is 13.2 Å². The molecule has 0 spiro atoms. The smallest absolute Gasteiger partial charge is 0.222 e. The molecule has 2 N–H and O–H groups in total. The lowest BCUT2D eigenvalue weighted by molar-refractivity contribution is -0.122. The van der Waals surface area contributed by atoms with Crippen LogP contribution >= 0.6 is 0 Å². The molecule has 4 nitrogen and oxygen atoms in total. The van der Waals surface area contributed by atoms with Gasteiger partial charge < -0.3 is 15.2 Å². The van der Waals surface area contributed by atoms with E-state index in [4.69, 9.17) is 4.74 Å². The predicted molar refractivity (Wildman–Crippen MR) is 65.5 cm³/mol. The van der Waals surface area contributed by atoms with Gasteiger partial charge in [-0.05, 0) is 13.0 Å². The third kappa shape index (κ3) is 4.81. The van der Waals surface area contributed by atoms with Crippen molar-refractivity contribution in [1.29, 1.82) is 0 Å². The zero-order valence-electron chi connectivity index (χ0n) is 10.4. The van der Waals surface area contributed by atoms with Crippen LogP contribution in [0.25, 0.3) is 0 Å². The third-order valence-corrected chi connectivity index (χ3v) is 2.43. The van der Waals surface area contributed by atoms with Gasteiger partial charge in [-0.25, -0.2) is 4.39 Å². The Bertz CT molecular complexity index is 384. The number of hydrogen-bond donors (Lipinski definition) is 2. The molecule has 1 rings (SSSR count). The molecular weight excluding hydrogens is 237 g/mol. The lowest BCUT2D eigenvalue weighted by Crippen LogP contribution is -2.29. The zero-order chi connectivity index (χ0) is 13.4. The van der Waals surface area contributed by atoms with Gasteiger partial charge in [-0.3, -0.25) is 4.79 Å². The Balaban J connectivity index is 2.35. The first kappa shape index (κ1) is 14.6. The van der Waals surface area contributed by atoms with Crippen molar-refractivity contribution in [3.8, 4) is 0 Å². The molecule has 1 aromatic carbocycles. The number of halogens is 1. The van der Waals surface area contributed by atoms with Crippen molar-refractivity contribution in [3.05, 3.63) is 35.6 Å². The molecule has 5 heteroatoms. The molecule has 0 aliphatic rings. The number of carbonyl (C=O) groups is 1. The van der Waals surface area contributed by atoms with Gasteiger partial charge in [0.1, 0.15) is 5.82 Å². The van der Waals surface area contributed by atoms with Gasteiger partial charge in [0.2, 0.25) is 5.91 Å². The van der Waals surface area contributed by atoms with Crippen LogP contribution in [0.15, 0.2) is 24.3 Å². The second-order valence-corrected chi connectivity index (χ2v) is 3.79. The van der Waals surface area contributed by atoms with Crippen LogP contribution in [0.4, 0.5) is 4.39 Å². The largest absolute Gasteiger partial charge is 0.386 e. The van der Waals surface area contributed by atoms with Crippen LogP contribution in [0.5, 0.6) is 0 Å². The highest BCUT2D eigenvalue weighted by atomic mass is 19.1. The number of aliphatic hydroxyl groups excluding tert-OH is 1. The molecule has 0 aliphatic carbocycles. The van der Waals surface area contributed by atoms with E-state index in [1.807, 2.05) is 6.92 Å². The summed E-state index contributed by atoms with van der Waals surface area (Å²) in [5, 5.41) is 12.3. The maximum Gasteiger partial charge on any atom is 0.222 e. The van der Waals surface area contributed by atoms with Gasteiger partial charge in [0.05, 0.1) is 12.7 Å². The molecule has 0 saturated carbocycles. The van der Waals surface area contributed by atoms with E-state index in [1.54, 1.807) is 12.1 Å². The van der Waals surface area contributed by atoms with E-state index in [0.717, 1.165) is 0 Å². The van der Waals surface area contributed by atoms with Crippen molar-refractivity contribution in [2.45, 2.75) is 19.4 Å². The van der Waals surface area contributed by atoms with Gasteiger partial charge in [0, 0.05) is 25.1 Å². The number of hydrogen-bond acceptors (Lipinski definition) is 3. The highest BCUT2D eigenvalue weighted by Crippen LogP contribution is 2.15. The van der Waals surface area contributed by atoms with Gasteiger partial charge in [-0.2, -0.15) is 0 Å². The summed E-state index contributed by atoms with van der Waals surface area (Å²) in [6.07, 6.45) is -0.806. The van der Waals surface area contributed by atoms with Crippen molar-refractivity contribution in [3.63, 3.8) is 0 Å². The van der Waals surface area contributed by atoms with Crippen molar-refractivity contribution in [2.24, 2.45) is 0 Å². The molecule has 0 heterocycles. The zero-order valence-corrected chi connectivity index (χ0v) is 10.4. The van der Waals surface area contributed by atoms with Crippen LogP contribution in [-0.2, 0) is 9.53 Å². The molecule has 100 valence electrons. The molecular formula is C13H18FNO3. The minimum Gasteiger partial charge on any atom is -0.386 e. The molecule has 0 aliphatic heterocycles. The second-order valence-electron chi connectivity index (χ2n) is 3.79. The Kier molecular flexibility index (Phi) is 6.32. The van der Waals surface area contributed by atoms with Crippen molar-refractivity contribution < 1.29 is 19.0 Å². The number of ether oxygens (including phenoxy) is 1. The number of rotatable bonds is 7. The fourth-order valence-electron chi connectivity index (χ4n) is 1.46. The Labute approximate surface area is 106 Å². The van der Waals surface area contributed by atoms with E-state index in [2.05, 4.69) is 5.32 Å². The van der Waals surface area contributed by atoms with Crippen molar-refractivity contribution >= 4 is 5.91 Å². The topological polar surface area (TPSA) is 58.6 Å². The van der Waals surface area contributed by atoms with Crippen LogP contribution in [0.1, 0.15) is 25.0 Å². The fraction of sp³-hybridized carbons (Fsp3) is 0.462. The molecule has 0 saturated heterocycles. The number of benzene rings is 1. The van der Waals surface area contributed by atoms with E-state index in [-0.39, 0.29) is 24.4 Å². The highest BCUT2D eigenvalue weighted by Gasteiger charge is 2.12. The van der Waals surface area contributed by atoms with Crippen LogP contribution in [0.3, 0.4) is 0 Å². The molecule has 1 atom stereocenters. The number of carbonyl (C=O) groups excluding carboxylic acids is 1. The minimum atomic E-state index is -1.04. The number of nitrogens with one attached hydrogen (secondary N) is 1. The van der Waals surface area contributed by atoms with Crippen LogP contribution in [0.2, 0.25) is 0 Å². The van der Waals surface area contributed by atoms with Gasteiger partial charge >= 0.3 is 0 Å². The summed E-state index contributed by atoms with van der Waals surface area (Å²) in [5.74, 6) is -0.701. The van der Waals surface area contributed by atoms with Gasteiger partial charge in [0.25, 0.3) is 0 Å². The molecule has 1 unspecified atom stereocenters.